The Morgan fingerprint density at radius 3 is 2.56 bits per heavy atom. The molecule has 0 radical (unpaired) electrons. The van der Waals surface area contributed by atoms with E-state index in [0.29, 0.717) is 6.04 Å². The first-order valence-electron chi connectivity index (χ1n) is 6.09. The molecule has 3 heteroatoms. The molecule has 1 unspecified atom stereocenters. The fourth-order valence-electron chi connectivity index (χ4n) is 1.66. The minimum atomic E-state index is 0.403. The highest BCUT2D eigenvalue weighted by atomic mass is 32.2. The molecule has 0 aliphatic heterocycles. The van der Waals surface area contributed by atoms with Crippen LogP contribution in [0.4, 0.5) is 0 Å². The molecule has 2 nitrogen and oxygen atoms in total. The Bertz CT molecular complexity index is 468. The van der Waals surface area contributed by atoms with Crippen molar-refractivity contribution in [1.29, 1.82) is 0 Å². The van der Waals surface area contributed by atoms with Crippen molar-refractivity contribution in [3.63, 3.8) is 0 Å². The van der Waals surface area contributed by atoms with E-state index < -0.39 is 0 Å². The lowest BCUT2D eigenvalue weighted by Crippen LogP contribution is -2.11. The third kappa shape index (κ3) is 3.59. The van der Waals surface area contributed by atoms with Crippen molar-refractivity contribution in [2.75, 3.05) is 7.05 Å². The van der Waals surface area contributed by atoms with Crippen LogP contribution in [0.15, 0.2) is 53.6 Å². The molecule has 1 N–H and O–H groups in total. The van der Waals surface area contributed by atoms with Crippen LogP contribution in [0.25, 0.3) is 0 Å². The number of benzene rings is 1. The average Bonchev–Trinajstić information content (AvgIpc) is 2.46. The number of hydrogen-bond donors (Lipinski definition) is 1. The van der Waals surface area contributed by atoms with Crippen molar-refractivity contribution in [2.45, 2.75) is 23.6 Å². The maximum atomic E-state index is 4.32. The van der Waals surface area contributed by atoms with E-state index in [1.54, 1.807) is 0 Å². The smallest absolute Gasteiger partial charge is 0.0506 e. The third-order valence-electron chi connectivity index (χ3n) is 2.93. The van der Waals surface area contributed by atoms with Gasteiger partial charge in [0.05, 0.1) is 5.69 Å². The molecule has 1 heterocycles. The van der Waals surface area contributed by atoms with Crippen LogP contribution in [0, 0.1) is 0 Å². The van der Waals surface area contributed by atoms with E-state index in [1.807, 2.05) is 37.1 Å². The zero-order valence-corrected chi connectivity index (χ0v) is 11.6. The van der Waals surface area contributed by atoms with E-state index in [0.717, 1.165) is 11.4 Å². The molecular weight excluding hydrogens is 240 g/mol. The summed E-state index contributed by atoms with van der Waals surface area (Å²) in [4.78, 5) is 5.61. The van der Waals surface area contributed by atoms with Crippen molar-refractivity contribution in [3.8, 4) is 0 Å². The highest BCUT2D eigenvalue weighted by molar-refractivity contribution is 7.98. The third-order valence-corrected chi connectivity index (χ3v) is 3.97. The lowest BCUT2D eigenvalue weighted by atomic mass is 10.1. The minimum absolute atomic E-state index is 0.403. The minimum Gasteiger partial charge on any atom is -0.313 e. The molecule has 2 aromatic rings. The number of rotatable bonds is 5. The molecule has 94 valence electrons. The van der Waals surface area contributed by atoms with Crippen LogP contribution >= 0.6 is 11.8 Å². The second kappa shape index (κ2) is 6.57. The Hall–Kier alpha value is -1.32. The topological polar surface area (TPSA) is 24.9 Å². The molecule has 18 heavy (non-hydrogen) atoms. The predicted octanol–water partition coefficient (Wildman–Crippen LogP) is 3.65. The predicted molar refractivity (Wildman–Crippen MR) is 77.7 cm³/mol. The van der Waals surface area contributed by atoms with Gasteiger partial charge in [0.1, 0.15) is 0 Å². The molecular formula is C15H18N2S. The second-order valence-electron chi connectivity index (χ2n) is 4.19. The van der Waals surface area contributed by atoms with Gasteiger partial charge in [-0.3, -0.25) is 4.98 Å². The Morgan fingerprint density at radius 2 is 1.94 bits per heavy atom. The maximum absolute atomic E-state index is 4.32. The monoisotopic (exact) mass is 258 g/mol. The van der Waals surface area contributed by atoms with Gasteiger partial charge in [-0.2, -0.15) is 0 Å². The molecule has 0 spiro atoms. The number of aromatic nitrogens is 1. The maximum Gasteiger partial charge on any atom is 0.0506 e. The van der Waals surface area contributed by atoms with Gasteiger partial charge in [-0.1, -0.05) is 18.2 Å². The Kier molecular flexibility index (Phi) is 4.79. The summed E-state index contributed by atoms with van der Waals surface area (Å²) in [7, 11) is 1.98. The van der Waals surface area contributed by atoms with Crippen LogP contribution in [0.5, 0.6) is 0 Å². The molecule has 0 aliphatic carbocycles. The number of thioether (sulfide) groups is 1. The zero-order chi connectivity index (χ0) is 12.8. The number of pyridine rings is 1. The summed E-state index contributed by atoms with van der Waals surface area (Å²) in [5.74, 6) is 0.918. The van der Waals surface area contributed by atoms with Gasteiger partial charge in [-0.15, -0.1) is 11.8 Å². The van der Waals surface area contributed by atoms with Gasteiger partial charge in [-0.05, 0) is 43.8 Å². The number of nitrogens with one attached hydrogen (secondary N) is 1. The molecule has 1 aromatic carbocycles. The molecule has 0 saturated carbocycles. The van der Waals surface area contributed by atoms with Crippen LogP contribution in [0.1, 0.15) is 24.2 Å². The molecule has 0 amide bonds. The van der Waals surface area contributed by atoms with Crippen molar-refractivity contribution < 1.29 is 0 Å². The molecule has 1 atom stereocenters. The van der Waals surface area contributed by atoms with Crippen molar-refractivity contribution in [3.05, 3.63) is 59.9 Å². The summed E-state index contributed by atoms with van der Waals surface area (Å²) in [5.41, 5.74) is 2.44. The SMILES string of the molecule is CNC(C)c1ccc(SCc2ccccn2)cc1. The summed E-state index contributed by atoms with van der Waals surface area (Å²) in [6.07, 6.45) is 1.84. The highest BCUT2D eigenvalue weighted by Gasteiger charge is 2.02. The first-order chi connectivity index (χ1) is 8.79. The van der Waals surface area contributed by atoms with E-state index in [1.165, 1.54) is 10.5 Å². The van der Waals surface area contributed by atoms with Gasteiger partial charge in [-0.25, -0.2) is 0 Å². The van der Waals surface area contributed by atoms with Gasteiger partial charge in [0.25, 0.3) is 0 Å². The summed E-state index contributed by atoms with van der Waals surface area (Å²) in [5, 5.41) is 3.24. The highest BCUT2D eigenvalue weighted by Crippen LogP contribution is 2.23. The Morgan fingerprint density at radius 1 is 1.17 bits per heavy atom. The van der Waals surface area contributed by atoms with Crippen LogP contribution < -0.4 is 5.32 Å². The van der Waals surface area contributed by atoms with Crippen LogP contribution in [-0.2, 0) is 5.75 Å². The second-order valence-corrected chi connectivity index (χ2v) is 5.24. The fraction of sp³-hybridized carbons (Fsp3) is 0.267. The largest absolute Gasteiger partial charge is 0.313 e. The molecule has 1 aromatic heterocycles. The van der Waals surface area contributed by atoms with Crippen molar-refractivity contribution in [2.24, 2.45) is 0 Å². The van der Waals surface area contributed by atoms with E-state index in [4.69, 9.17) is 0 Å². The Labute approximate surface area is 113 Å². The van der Waals surface area contributed by atoms with Crippen LogP contribution in [0.3, 0.4) is 0 Å². The van der Waals surface area contributed by atoms with Gasteiger partial charge < -0.3 is 5.32 Å². The van der Waals surface area contributed by atoms with Gasteiger partial charge >= 0.3 is 0 Å². The summed E-state index contributed by atoms with van der Waals surface area (Å²) in [6, 6.07) is 15.2. The zero-order valence-electron chi connectivity index (χ0n) is 10.8. The first kappa shape index (κ1) is 13.1. The lowest BCUT2D eigenvalue weighted by Gasteiger charge is -2.10. The van der Waals surface area contributed by atoms with E-state index >= 15 is 0 Å². The fourth-order valence-corrected chi connectivity index (χ4v) is 2.47. The van der Waals surface area contributed by atoms with E-state index in [2.05, 4.69) is 47.6 Å². The van der Waals surface area contributed by atoms with Gasteiger partial charge in [0.15, 0.2) is 0 Å². The van der Waals surface area contributed by atoms with Crippen LogP contribution in [0.2, 0.25) is 0 Å². The number of hydrogen-bond acceptors (Lipinski definition) is 3. The van der Waals surface area contributed by atoms with Gasteiger partial charge in [0.2, 0.25) is 0 Å². The van der Waals surface area contributed by atoms with Crippen LogP contribution in [-0.4, -0.2) is 12.0 Å². The normalized spacial score (nSPS) is 12.3. The quantitative estimate of drug-likeness (QED) is 0.829. The lowest BCUT2D eigenvalue weighted by molar-refractivity contribution is 0.652. The molecule has 0 aliphatic rings. The van der Waals surface area contributed by atoms with E-state index in [9.17, 15) is 0 Å². The first-order valence-corrected chi connectivity index (χ1v) is 7.08. The van der Waals surface area contributed by atoms with Crippen molar-refractivity contribution >= 4 is 11.8 Å². The summed E-state index contributed by atoms with van der Waals surface area (Å²) < 4.78 is 0. The summed E-state index contributed by atoms with van der Waals surface area (Å²) in [6.45, 7) is 2.16. The molecule has 0 saturated heterocycles. The molecule has 0 fully saturated rings. The van der Waals surface area contributed by atoms with Crippen molar-refractivity contribution in [1.82, 2.24) is 10.3 Å². The Balaban J connectivity index is 1.94. The molecule has 0 bridgehead atoms. The molecule has 2 rings (SSSR count). The summed E-state index contributed by atoms with van der Waals surface area (Å²) >= 11 is 1.82. The van der Waals surface area contributed by atoms with Gasteiger partial charge in [0, 0.05) is 22.9 Å². The van der Waals surface area contributed by atoms with E-state index in [-0.39, 0.29) is 0 Å². The number of nitrogens with zero attached hydrogens (tertiary/aromatic N) is 1. The average molecular weight is 258 g/mol. The standard InChI is InChI=1S/C15H18N2S/c1-12(16-2)13-6-8-15(9-7-13)18-11-14-5-3-4-10-17-14/h3-10,12,16H,11H2,1-2H3.